The molecule has 0 atom stereocenters. The summed E-state index contributed by atoms with van der Waals surface area (Å²) in [7, 11) is 0. The van der Waals surface area contributed by atoms with Crippen molar-refractivity contribution in [3.8, 4) is 0 Å². The molecule has 0 aromatic heterocycles. The van der Waals surface area contributed by atoms with Crippen molar-refractivity contribution in [2.24, 2.45) is 5.73 Å². The molecule has 0 saturated heterocycles. The second kappa shape index (κ2) is 6.94. The van der Waals surface area contributed by atoms with Crippen LogP contribution < -0.4 is 5.73 Å². The van der Waals surface area contributed by atoms with Crippen molar-refractivity contribution >= 4 is 23.4 Å². The molecule has 0 bridgehead atoms. The van der Waals surface area contributed by atoms with E-state index in [0.717, 1.165) is 27.7 Å². The molecular weight excluding hydrogens is 281 g/mol. The zero-order valence-electron chi connectivity index (χ0n) is 10.4. The van der Waals surface area contributed by atoms with E-state index >= 15 is 0 Å². The fourth-order valence-electron chi connectivity index (χ4n) is 1.78. The van der Waals surface area contributed by atoms with E-state index in [1.54, 1.807) is 11.8 Å². The van der Waals surface area contributed by atoms with Crippen molar-refractivity contribution in [1.29, 1.82) is 0 Å². The van der Waals surface area contributed by atoms with E-state index in [1.807, 2.05) is 30.3 Å². The van der Waals surface area contributed by atoms with E-state index in [0.29, 0.717) is 6.54 Å². The van der Waals surface area contributed by atoms with E-state index in [9.17, 15) is 4.39 Å². The number of thioether (sulfide) groups is 1. The molecule has 0 aliphatic carbocycles. The largest absolute Gasteiger partial charge is 0.326 e. The molecule has 0 saturated carbocycles. The summed E-state index contributed by atoms with van der Waals surface area (Å²) in [5.74, 6) is 1.50. The Morgan fingerprint density at radius 2 is 1.74 bits per heavy atom. The van der Waals surface area contributed by atoms with Gasteiger partial charge in [-0.2, -0.15) is 11.8 Å². The highest BCUT2D eigenvalue weighted by atomic mass is 35.5. The van der Waals surface area contributed by atoms with Crippen LogP contribution in [0.2, 0.25) is 5.02 Å². The molecule has 0 radical (unpaired) electrons. The average Bonchev–Trinajstić information content (AvgIpc) is 2.42. The van der Waals surface area contributed by atoms with Crippen LogP contribution in [0.5, 0.6) is 0 Å². The zero-order chi connectivity index (χ0) is 13.7. The SMILES string of the molecule is NCc1cc(F)ccc1CSCc1ccc(Cl)cc1. The minimum absolute atomic E-state index is 0.230. The third-order valence-electron chi connectivity index (χ3n) is 2.83. The van der Waals surface area contributed by atoms with Crippen LogP contribution >= 0.6 is 23.4 Å². The molecule has 0 spiro atoms. The fraction of sp³-hybridized carbons (Fsp3) is 0.200. The third-order valence-corrected chi connectivity index (χ3v) is 4.13. The van der Waals surface area contributed by atoms with Gasteiger partial charge in [-0.3, -0.25) is 0 Å². The lowest BCUT2D eigenvalue weighted by Crippen LogP contribution is -2.01. The van der Waals surface area contributed by atoms with Gasteiger partial charge in [0.25, 0.3) is 0 Å². The van der Waals surface area contributed by atoms with Crippen LogP contribution in [0.1, 0.15) is 16.7 Å². The minimum Gasteiger partial charge on any atom is -0.326 e. The van der Waals surface area contributed by atoms with E-state index in [4.69, 9.17) is 17.3 Å². The number of hydrogen-bond donors (Lipinski definition) is 1. The number of halogens is 2. The Balaban J connectivity index is 1.94. The summed E-state index contributed by atoms with van der Waals surface area (Å²) in [5, 5.41) is 0.748. The minimum atomic E-state index is -0.230. The standard InChI is InChI=1S/C15H15ClFNS/c16-14-4-1-11(2-5-14)9-19-10-12-3-6-15(17)7-13(12)8-18/h1-7H,8-10,18H2. The second-order valence-electron chi connectivity index (χ2n) is 4.24. The van der Waals surface area contributed by atoms with Gasteiger partial charge in [0.2, 0.25) is 0 Å². The summed E-state index contributed by atoms with van der Waals surface area (Å²) in [4.78, 5) is 0. The topological polar surface area (TPSA) is 26.0 Å². The molecular formula is C15H15ClFNS. The van der Waals surface area contributed by atoms with Gasteiger partial charge in [-0.05, 0) is 41.0 Å². The summed E-state index contributed by atoms with van der Waals surface area (Å²) >= 11 is 7.62. The normalized spacial score (nSPS) is 10.7. The van der Waals surface area contributed by atoms with Crippen LogP contribution in [0.25, 0.3) is 0 Å². The number of benzene rings is 2. The predicted molar refractivity (Wildman–Crippen MR) is 80.7 cm³/mol. The molecule has 19 heavy (non-hydrogen) atoms. The molecule has 2 aromatic carbocycles. The van der Waals surface area contributed by atoms with E-state index in [1.165, 1.54) is 17.7 Å². The monoisotopic (exact) mass is 295 g/mol. The Morgan fingerprint density at radius 1 is 1.00 bits per heavy atom. The Morgan fingerprint density at radius 3 is 2.42 bits per heavy atom. The molecule has 2 rings (SSSR count). The molecule has 1 nitrogen and oxygen atoms in total. The molecule has 0 fully saturated rings. The highest BCUT2D eigenvalue weighted by Crippen LogP contribution is 2.22. The first-order valence-corrected chi connectivity index (χ1v) is 7.52. The van der Waals surface area contributed by atoms with Gasteiger partial charge >= 0.3 is 0 Å². The lowest BCUT2D eigenvalue weighted by atomic mass is 10.1. The summed E-state index contributed by atoms with van der Waals surface area (Å²) in [6.07, 6.45) is 0. The van der Waals surface area contributed by atoms with Gasteiger partial charge in [-0.15, -0.1) is 0 Å². The molecule has 0 unspecified atom stereocenters. The lowest BCUT2D eigenvalue weighted by Gasteiger charge is -2.08. The Kier molecular flexibility index (Phi) is 5.25. The molecule has 0 aliphatic rings. The summed E-state index contributed by atoms with van der Waals surface area (Å²) in [5.41, 5.74) is 8.83. The van der Waals surface area contributed by atoms with E-state index in [2.05, 4.69) is 0 Å². The highest BCUT2D eigenvalue weighted by molar-refractivity contribution is 7.97. The number of rotatable bonds is 5. The Hall–Kier alpha value is -1.03. The van der Waals surface area contributed by atoms with Crippen LogP contribution in [-0.4, -0.2) is 0 Å². The third kappa shape index (κ3) is 4.23. The quantitative estimate of drug-likeness (QED) is 0.886. The zero-order valence-corrected chi connectivity index (χ0v) is 12.0. The van der Waals surface area contributed by atoms with Crippen molar-refractivity contribution in [2.45, 2.75) is 18.1 Å². The van der Waals surface area contributed by atoms with Gasteiger partial charge in [-0.1, -0.05) is 29.8 Å². The molecule has 4 heteroatoms. The van der Waals surface area contributed by atoms with Gasteiger partial charge in [0, 0.05) is 23.1 Å². The molecule has 0 heterocycles. The molecule has 0 amide bonds. The summed E-state index contributed by atoms with van der Waals surface area (Å²) in [6.45, 7) is 0.370. The van der Waals surface area contributed by atoms with Gasteiger partial charge in [0.15, 0.2) is 0 Å². The first kappa shape index (κ1) is 14.4. The van der Waals surface area contributed by atoms with Crippen molar-refractivity contribution in [3.63, 3.8) is 0 Å². The number of nitrogens with two attached hydrogens (primary N) is 1. The van der Waals surface area contributed by atoms with E-state index in [-0.39, 0.29) is 5.82 Å². The Labute approximate surface area is 122 Å². The molecule has 2 N–H and O–H groups in total. The summed E-state index contributed by atoms with van der Waals surface area (Å²) in [6, 6.07) is 12.6. The predicted octanol–water partition coefficient (Wildman–Crippen LogP) is 4.37. The molecule has 0 aliphatic heterocycles. The van der Waals surface area contributed by atoms with Crippen molar-refractivity contribution in [2.75, 3.05) is 0 Å². The van der Waals surface area contributed by atoms with E-state index < -0.39 is 0 Å². The van der Waals surface area contributed by atoms with Crippen LogP contribution in [-0.2, 0) is 18.1 Å². The van der Waals surface area contributed by atoms with Crippen molar-refractivity contribution in [1.82, 2.24) is 0 Å². The highest BCUT2D eigenvalue weighted by Gasteiger charge is 2.03. The molecule has 2 aromatic rings. The fourth-order valence-corrected chi connectivity index (χ4v) is 2.94. The lowest BCUT2D eigenvalue weighted by molar-refractivity contribution is 0.624. The van der Waals surface area contributed by atoms with Gasteiger partial charge < -0.3 is 5.73 Å². The maximum Gasteiger partial charge on any atom is 0.123 e. The maximum absolute atomic E-state index is 13.1. The van der Waals surface area contributed by atoms with Gasteiger partial charge in [0.05, 0.1) is 0 Å². The smallest absolute Gasteiger partial charge is 0.123 e. The maximum atomic E-state index is 13.1. The van der Waals surface area contributed by atoms with Crippen LogP contribution in [0.4, 0.5) is 4.39 Å². The Bertz CT molecular complexity index is 542. The van der Waals surface area contributed by atoms with Crippen LogP contribution in [0, 0.1) is 5.82 Å². The first-order valence-electron chi connectivity index (χ1n) is 5.98. The first-order chi connectivity index (χ1) is 9.19. The number of hydrogen-bond acceptors (Lipinski definition) is 2. The van der Waals surface area contributed by atoms with Gasteiger partial charge in [-0.25, -0.2) is 4.39 Å². The van der Waals surface area contributed by atoms with Crippen LogP contribution in [0.15, 0.2) is 42.5 Å². The van der Waals surface area contributed by atoms with Crippen molar-refractivity contribution < 1.29 is 4.39 Å². The second-order valence-corrected chi connectivity index (χ2v) is 5.66. The van der Waals surface area contributed by atoms with Gasteiger partial charge in [0.1, 0.15) is 5.82 Å². The van der Waals surface area contributed by atoms with Crippen LogP contribution in [0.3, 0.4) is 0 Å². The summed E-state index contributed by atoms with van der Waals surface area (Å²) < 4.78 is 13.1. The average molecular weight is 296 g/mol. The molecule has 100 valence electrons. The van der Waals surface area contributed by atoms with Crippen molar-refractivity contribution in [3.05, 3.63) is 70.0 Å².